The Labute approximate surface area is 118 Å². The lowest BCUT2D eigenvalue weighted by Crippen LogP contribution is -2.46. The number of nitrogens with one attached hydrogen (secondary N) is 1. The molecule has 0 spiro atoms. The van der Waals surface area contributed by atoms with Gasteiger partial charge < -0.3 is 14.6 Å². The van der Waals surface area contributed by atoms with Crippen molar-refractivity contribution in [2.24, 2.45) is 0 Å². The molecule has 0 bridgehead atoms. The Morgan fingerprint density at radius 1 is 1.37 bits per heavy atom. The van der Waals surface area contributed by atoms with Crippen LogP contribution in [0.15, 0.2) is 24.3 Å². The lowest BCUT2D eigenvalue weighted by Gasteiger charge is -2.35. The van der Waals surface area contributed by atoms with Crippen LogP contribution in [0.3, 0.4) is 0 Å². The van der Waals surface area contributed by atoms with Crippen molar-refractivity contribution in [2.45, 2.75) is 31.9 Å². The number of benzene rings is 1. The monoisotopic (exact) mass is 287 g/mol. The summed E-state index contributed by atoms with van der Waals surface area (Å²) in [7, 11) is 1.65. The minimum atomic E-state index is -0.271. The Morgan fingerprint density at radius 2 is 2.00 bits per heavy atom. The smallest absolute Gasteiger partial charge is 0.123 e. The lowest BCUT2D eigenvalue weighted by molar-refractivity contribution is 0.0314. The molecule has 0 radical (unpaired) electrons. The highest BCUT2D eigenvalue weighted by Gasteiger charge is 2.30. The molecule has 1 atom stereocenters. The average Bonchev–Trinajstić information content (AvgIpc) is 2.37. The van der Waals surface area contributed by atoms with Crippen LogP contribution in [-0.4, -0.2) is 29.5 Å². The maximum atomic E-state index is 13.0. The molecule has 3 nitrogen and oxygen atoms in total. The summed E-state index contributed by atoms with van der Waals surface area (Å²) in [5.41, 5.74) is 0.671. The predicted molar refractivity (Wildman–Crippen MR) is 77.9 cm³/mol. The molecule has 0 amide bonds. The van der Waals surface area contributed by atoms with Gasteiger partial charge in [-0.05, 0) is 56.6 Å². The maximum absolute atomic E-state index is 13.0. The van der Waals surface area contributed by atoms with E-state index < -0.39 is 0 Å². The zero-order chi connectivity index (χ0) is 14.3. The largest absolute Gasteiger partial charge is 0.375 e. The van der Waals surface area contributed by atoms with Gasteiger partial charge in [-0.15, -0.1) is 0 Å². The van der Waals surface area contributed by atoms with Crippen LogP contribution in [0.5, 0.6) is 0 Å². The summed E-state index contributed by atoms with van der Waals surface area (Å²) in [5, 5.41) is 3.41. The first kappa shape index (κ1) is 16.4. The van der Waals surface area contributed by atoms with Gasteiger partial charge in [-0.3, -0.25) is 0 Å². The summed E-state index contributed by atoms with van der Waals surface area (Å²) in [6, 6.07) is 6.38. The van der Waals surface area contributed by atoms with Crippen molar-refractivity contribution in [3.05, 3.63) is 35.6 Å². The second kappa shape index (κ2) is 7.85. The van der Waals surface area contributed by atoms with Crippen LogP contribution in [0, 0.1) is 5.82 Å². The van der Waals surface area contributed by atoms with Crippen LogP contribution in [0.1, 0.15) is 31.9 Å². The van der Waals surface area contributed by atoms with Gasteiger partial charge in [-0.25, -0.2) is 4.39 Å². The van der Waals surface area contributed by atoms with E-state index in [2.05, 4.69) is 19.2 Å². The summed E-state index contributed by atoms with van der Waals surface area (Å²) in [5.74, 6) is 0.460. The number of hydrogen-bond donors (Lipinski definition) is 2. The maximum Gasteiger partial charge on any atom is 0.123 e. The van der Waals surface area contributed by atoms with E-state index in [4.69, 9.17) is 9.29 Å². The lowest BCUT2D eigenvalue weighted by atomic mass is 9.91. The molecule has 0 heterocycles. The number of ether oxygens (including phenoxy) is 1. The summed E-state index contributed by atoms with van der Waals surface area (Å²) in [6.45, 7) is 4.90. The third-order valence-corrected chi connectivity index (χ3v) is 3.53. The van der Waals surface area contributed by atoms with Gasteiger partial charge in [0.25, 0.3) is 0 Å². The molecule has 2 N–H and O–H groups in total. The molecule has 5 heteroatoms. The first-order valence-electron chi connectivity index (χ1n) is 6.31. The molecular formula is C14H22FNO2S. The van der Waals surface area contributed by atoms with E-state index in [0.717, 1.165) is 30.6 Å². The molecule has 0 fully saturated rings. The van der Waals surface area contributed by atoms with Crippen LogP contribution in [-0.2, 0) is 4.74 Å². The zero-order valence-electron chi connectivity index (χ0n) is 11.6. The number of methoxy groups -OCH3 is 1. The Bertz CT molecular complexity index is 370. The Hall–Kier alpha value is -0.620. The molecule has 0 aliphatic heterocycles. The van der Waals surface area contributed by atoms with Crippen molar-refractivity contribution >= 4 is 12.0 Å². The summed E-state index contributed by atoms with van der Waals surface area (Å²) >= 11 is 0.851. The predicted octanol–water partition coefficient (Wildman–Crippen LogP) is 3.48. The number of halogens is 1. The fraction of sp³-hybridized carbons (Fsp3) is 0.571. The molecule has 0 saturated carbocycles. The van der Waals surface area contributed by atoms with Gasteiger partial charge in [0.15, 0.2) is 0 Å². The zero-order valence-corrected chi connectivity index (χ0v) is 12.5. The fourth-order valence-corrected chi connectivity index (χ4v) is 2.40. The molecule has 1 rings (SSSR count). The van der Waals surface area contributed by atoms with Crippen LogP contribution in [0.25, 0.3) is 0 Å². The van der Waals surface area contributed by atoms with Crippen molar-refractivity contribution in [2.75, 3.05) is 19.4 Å². The quantitative estimate of drug-likeness (QED) is 0.567. The molecule has 1 aromatic rings. The van der Waals surface area contributed by atoms with E-state index in [-0.39, 0.29) is 17.5 Å². The van der Waals surface area contributed by atoms with Gasteiger partial charge in [0, 0.05) is 18.4 Å². The van der Waals surface area contributed by atoms with Crippen molar-refractivity contribution in [1.82, 2.24) is 5.32 Å². The molecular weight excluding hydrogens is 265 g/mol. The van der Waals surface area contributed by atoms with Crippen LogP contribution in [0.2, 0.25) is 0 Å². The van der Waals surface area contributed by atoms with Crippen LogP contribution >= 0.6 is 12.0 Å². The average molecular weight is 287 g/mol. The van der Waals surface area contributed by atoms with Gasteiger partial charge in [-0.1, -0.05) is 12.1 Å². The Morgan fingerprint density at radius 3 is 2.53 bits per heavy atom. The Kier molecular flexibility index (Phi) is 6.79. The van der Waals surface area contributed by atoms with Gasteiger partial charge in [0.1, 0.15) is 5.82 Å². The van der Waals surface area contributed by atoms with Gasteiger partial charge >= 0.3 is 0 Å². The molecule has 0 saturated heterocycles. The summed E-state index contributed by atoms with van der Waals surface area (Å²) in [6.07, 6.45) is 0.722. The van der Waals surface area contributed by atoms with Crippen molar-refractivity contribution in [1.29, 1.82) is 0 Å². The van der Waals surface area contributed by atoms with Crippen LogP contribution in [0.4, 0.5) is 4.39 Å². The van der Waals surface area contributed by atoms with Crippen molar-refractivity contribution in [3.8, 4) is 0 Å². The van der Waals surface area contributed by atoms with E-state index in [1.165, 1.54) is 12.1 Å². The summed E-state index contributed by atoms with van der Waals surface area (Å²) < 4.78 is 27.2. The normalized spacial score (nSPS) is 13.5. The highest BCUT2D eigenvalue weighted by atomic mass is 32.2. The van der Waals surface area contributed by atoms with E-state index in [9.17, 15) is 4.39 Å². The van der Waals surface area contributed by atoms with E-state index >= 15 is 0 Å². The molecule has 19 heavy (non-hydrogen) atoms. The van der Waals surface area contributed by atoms with E-state index in [1.54, 1.807) is 19.2 Å². The minimum Gasteiger partial charge on any atom is -0.375 e. The second-order valence-electron chi connectivity index (χ2n) is 5.00. The van der Waals surface area contributed by atoms with Gasteiger partial charge in [-0.2, -0.15) is 0 Å². The number of hydrogen-bond acceptors (Lipinski definition) is 4. The second-order valence-corrected chi connectivity index (χ2v) is 5.67. The molecule has 0 aromatic heterocycles. The summed E-state index contributed by atoms with van der Waals surface area (Å²) in [4.78, 5) is 0. The van der Waals surface area contributed by atoms with E-state index in [0.29, 0.717) is 5.75 Å². The first-order chi connectivity index (χ1) is 9.01. The molecule has 108 valence electrons. The van der Waals surface area contributed by atoms with Gasteiger partial charge in [0.2, 0.25) is 0 Å². The molecule has 0 aliphatic carbocycles. The first-order valence-corrected chi connectivity index (χ1v) is 7.25. The third kappa shape index (κ3) is 5.10. The van der Waals surface area contributed by atoms with Crippen molar-refractivity contribution in [3.63, 3.8) is 0 Å². The van der Waals surface area contributed by atoms with Crippen molar-refractivity contribution < 1.29 is 13.7 Å². The SMILES string of the molecule is COC(c1ccc(F)cc1)C(C)(C)NCCCSO. The molecule has 0 aliphatic rings. The molecule has 1 aromatic carbocycles. The highest BCUT2D eigenvalue weighted by molar-refractivity contribution is 7.93. The minimum absolute atomic E-state index is 0.158. The third-order valence-electron chi connectivity index (χ3n) is 3.06. The molecule has 1 unspecified atom stereocenters. The topological polar surface area (TPSA) is 41.5 Å². The van der Waals surface area contributed by atoms with E-state index in [1.807, 2.05) is 0 Å². The van der Waals surface area contributed by atoms with Crippen LogP contribution < -0.4 is 5.32 Å². The van der Waals surface area contributed by atoms with Gasteiger partial charge in [0.05, 0.1) is 6.10 Å². The number of rotatable bonds is 8. The Balaban J connectivity index is 2.68. The highest BCUT2D eigenvalue weighted by Crippen LogP contribution is 2.28. The standard InChI is InChI=1S/C14H22FNO2S/c1-14(2,16-9-4-10-19-17)13(18-3)11-5-7-12(15)8-6-11/h5-8,13,16-17H,4,9-10H2,1-3H3. The fourth-order valence-electron chi connectivity index (χ4n) is 2.12.